The lowest BCUT2D eigenvalue weighted by Crippen LogP contribution is -2.13. The minimum absolute atomic E-state index is 0.177. The van der Waals surface area contributed by atoms with E-state index in [1.165, 1.54) is 0 Å². The molecule has 0 atom stereocenters. The minimum atomic E-state index is -0.177. The first kappa shape index (κ1) is 22.3. The molecule has 0 bridgehead atoms. The molecule has 34 heavy (non-hydrogen) atoms. The van der Waals surface area contributed by atoms with Crippen molar-refractivity contribution in [2.24, 2.45) is 0 Å². The lowest BCUT2D eigenvalue weighted by molar-refractivity contribution is 0.102. The van der Waals surface area contributed by atoms with Crippen LogP contribution in [0.1, 0.15) is 15.9 Å². The second kappa shape index (κ2) is 9.37. The molecule has 6 heteroatoms. The third-order valence-corrected chi connectivity index (χ3v) is 6.81. The number of aromatic nitrogens is 2. The van der Waals surface area contributed by atoms with Gasteiger partial charge in [-0.05, 0) is 66.8 Å². The smallest absolute Gasteiger partial charge is 0.256 e. The fourth-order valence-electron chi connectivity index (χ4n) is 4.05. The van der Waals surface area contributed by atoms with Gasteiger partial charge in [-0.15, -0.1) is 11.8 Å². The number of para-hydroxylation sites is 1. The van der Waals surface area contributed by atoms with E-state index in [-0.39, 0.29) is 5.91 Å². The van der Waals surface area contributed by atoms with E-state index in [2.05, 4.69) is 40.6 Å². The third kappa shape index (κ3) is 4.32. The topological polar surface area (TPSA) is 57.8 Å². The Labute approximate surface area is 207 Å². The number of H-pyrrole nitrogens is 1. The van der Waals surface area contributed by atoms with E-state index in [1.54, 1.807) is 23.9 Å². The lowest BCUT2D eigenvalue weighted by Gasteiger charge is -2.13. The maximum Gasteiger partial charge on any atom is 0.256 e. The summed E-state index contributed by atoms with van der Waals surface area (Å²) in [7, 11) is 0. The zero-order valence-corrected chi connectivity index (χ0v) is 20.3. The highest BCUT2D eigenvalue weighted by atomic mass is 35.5. The molecule has 0 saturated heterocycles. The van der Waals surface area contributed by atoms with Gasteiger partial charge in [0.1, 0.15) is 5.69 Å². The van der Waals surface area contributed by atoms with Gasteiger partial charge in [-0.25, -0.2) is 0 Å². The van der Waals surface area contributed by atoms with Crippen LogP contribution in [-0.2, 0) is 0 Å². The number of aryl methyl sites for hydroxylation is 1. The molecule has 4 aromatic carbocycles. The molecule has 0 aliphatic heterocycles. The zero-order valence-electron chi connectivity index (χ0n) is 18.7. The molecule has 0 radical (unpaired) electrons. The van der Waals surface area contributed by atoms with Crippen molar-refractivity contribution in [3.05, 3.63) is 101 Å². The molecule has 168 valence electrons. The van der Waals surface area contributed by atoms with Crippen LogP contribution in [0.15, 0.2) is 89.8 Å². The van der Waals surface area contributed by atoms with Crippen molar-refractivity contribution in [2.45, 2.75) is 11.8 Å². The van der Waals surface area contributed by atoms with Gasteiger partial charge < -0.3 is 5.32 Å². The molecule has 0 spiro atoms. The normalized spacial score (nSPS) is 11.0. The maximum atomic E-state index is 13.4. The number of nitrogens with zero attached hydrogens (tertiary/aromatic N) is 1. The number of carbonyl (C=O) groups excluding carboxylic acids is 1. The molecule has 5 aromatic rings. The van der Waals surface area contributed by atoms with Gasteiger partial charge in [-0.2, -0.15) is 5.10 Å². The average molecular weight is 484 g/mol. The van der Waals surface area contributed by atoms with Gasteiger partial charge in [0, 0.05) is 27.1 Å². The van der Waals surface area contributed by atoms with Gasteiger partial charge in [-0.1, -0.05) is 59.6 Å². The number of fused-ring (bicyclic) bond motifs is 1. The highest BCUT2D eigenvalue weighted by Gasteiger charge is 2.17. The first-order chi connectivity index (χ1) is 16.5. The van der Waals surface area contributed by atoms with Crippen LogP contribution in [0.5, 0.6) is 0 Å². The Morgan fingerprint density at radius 1 is 0.941 bits per heavy atom. The summed E-state index contributed by atoms with van der Waals surface area (Å²) in [5, 5.41) is 12.1. The molecular weight excluding hydrogens is 462 g/mol. The summed E-state index contributed by atoms with van der Waals surface area (Å²) in [6.45, 7) is 2.05. The van der Waals surface area contributed by atoms with Crippen LogP contribution in [0, 0.1) is 6.92 Å². The largest absolute Gasteiger partial charge is 0.322 e. The minimum Gasteiger partial charge on any atom is -0.322 e. The Kier molecular flexibility index (Phi) is 6.14. The molecule has 1 aromatic heterocycles. The number of halogens is 1. The number of rotatable bonds is 5. The molecule has 4 nitrogen and oxygen atoms in total. The molecule has 0 aliphatic rings. The first-order valence-electron chi connectivity index (χ1n) is 10.8. The van der Waals surface area contributed by atoms with E-state index in [4.69, 9.17) is 11.6 Å². The number of thioether (sulfide) groups is 1. The van der Waals surface area contributed by atoms with Gasteiger partial charge in [0.05, 0.1) is 10.5 Å². The number of hydrogen-bond acceptors (Lipinski definition) is 3. The third-order valence-electron chi connectivity index (χ3n) is 5.75. The summed E-state index contributed by atoms with van der Waals surface area (Å²) in [4.78, 5) is 14.5. The fraction of sp³-hybridized carbons (Fsp3) is 0.0714. The number of anilines is 1. The van der Waals surface area contributed by atoms with Crippen LogP contribution >= 0.6 is 23.4 Å². The zero-order chi connectivity index (χ0) is 23.7. The van der Waals surface area contributed by atoms with E-state index in [1.807, 2.05) is 60.9 Å². The van der Waals surface area contributed by atoms with E-state index in [0.29, 0.717) is 16.3 Å². The van der Waals surface area contributed by atoms with Gasteiger partial charge in [0.2, 0.25) is 0 Å². The molecule has 0 fully saturated rings. The summed E-state index contributed by atoms with van der Waals surface area (Å²) in [6, 6.07) is 27.5. The van der Waals surface area contributed by atoms with Crippen LogP contribution in [0.2, 0.25) is 5.02 Å². The predicted octanol–water partition coefficient (Wildman–Crippen LogP) is 7.83. The van der Waals surface area contributed by atoms with Crippen molar-refractivity contribution in [1.29, 1.82) is 0 Å². The van der Waals surface area contributed by atoms with Crippen LogP contribution in [-0.4, -0.2) is 22.4 Å². The molecule has 1 amide bonds. The quantitative estimate of drug-likeness (QED) is 0.250. The summed E-state index contributed by atoms with van der Waals surface area (Å²) >= 11 is 8.18. The number of nitrogens with one attached hydrogen (secondary N) is 2. The Hall–Kier alpha value is -3.54. The average Bonchev–Trinajstić information content (AvgIpc) is 3.29. The number of benzene rings is 4. The lowest BCUT2D eigenvalue weighted by atomic mass is 9.97. The van der Waals surface area contributed by atoms with Gasteiger partial charge in [0.25, 0.3) is 5.91 Å². The van der Waals surface area contributed by atoms with E-state index in [0.717, 1.165) is 43.7 Å². The maximum absolute atomic E-state index is 13.4. The molecule has 1 heterocycles. The summed E-state index contributed by atoms with van der Waals surface area (Å²) < 4.78 is 0. The van der Waals surface area contributed by atoms with E-state index in [9.17, 15) is 4.79 Å². The summed E-state index contributed by atoms with van der Waals surface area (Å²) in [6.07, 6.45) is 2.03. The van der Waals surface area contributed by atoms with Crippen molar-refractivity contribution in [3.8, 4) is 22.4 Å². The van der Waals surface area contributed by atoms with E-state index < -0.39 is 0 Å². The Balaban J connectivity index is 1.52. The van der Waals surface area contributed by atoms with Crippen LogP contribution in [0.4, 0.5) is 5.69 Å². The Morgan fingerprint density at radius 2 is 1.79 bits per heavy atom. The fourth-order valence-corrected chi connectivity index (χ4v) is 4.70. The van der Waals surface area contributed by atoms with Crippen molar-refractivity contribution >= 4 is 45.9 Å². The van der Waals surface area contributed by atoms with Crippen molar-refractivity contribution < 1.29 is 4.79 Å². The number of carbonyl (C=O) groups is 1. The standard InChI is InChI=1S/C28H22ClN3OS/c1-17-6-5-7-18(14-17)23-16-20(34-2)11-12-21(23)28(33)30-19-10-13-25(29)24(15-19)27-22-8-3-4-9-26(22)31-32-27/h3-16H,1-2H3,(H,30,33)(H,31,32). The van der Waals surface area contributed by atoms with Gasteiger partial charge in [-0.3, -0.25) is 9.89 Å². The highest BCUT2D eigenvalue weighted by molar-refractivity contribution is 7.98. The Morgan fingerprint density at radius 3 is 2.62 bits per heavy atom. The predicted molar refractivity (Wildman–Crippen MR) is 143 cm³/mol. The van der Waals surface area contributed by atoms with Crippen molar-refractivity contribution in [2.75, 3.05) is 11.6 Å². The molecule has 0 aliphatic carbocycles. The second-order valence-corrected chi connectivity index (χ2v) is 9.33. The molecule has 0 saturated carbocycles. The molecule has 0 unspecified atom stereocenters. The molecule has 2 N–H and O–H groups in total. The van der Waals surface area contributed by atoms with Gasteiger partial charge in [0.15, 0.2) is 0 Å². The van der Waals surface area contributed by atoms with Crippen molar-refractivity contribution in [3.63, 3.8) is 0 Å². The summed E-state index contributed by atoms with van der Waals surface area (Å²) in [5.74, 6) is -0.177. The number of aromatic amines is 1. The van der Waals surface area contributed by atoms with Crippen molar-refractivity contribution in [1.82, 2.24) is 10.2 Å². The van der Waals surface area contributed by atoms with Gasteiger partial charge >= 0.3 is 0 Å². The molecule has 5 rings (SSSR count). The highest BCUT2D eigenvalue weighted by Crippen LogP contribution is 2.34. The SMILES string of the molecule is CSc1ccc(C(=O)Nc2ccc(Cl)c(-c3n[nH]c4ccccc34)c2)c(-c2cccc(C)c2)c1. The van der Waals surface area contributed by atoms with E-state index >= 15 is 0 Å². The number of amides is 1. The second-order valence-electron chi connectivity index (χ2n) is 8.05. The first-order valence-corrected chi connectivity index (χ1v) is 12.4. The Bertz CT molecular complexity index is 1530. The van der Waals surface area contributed by atoms with Crippen LogP contribution in [0.25, 0.3) is 33.3 Å². The van der Waals surface area contributed by atoms with Crippen LogP contribution < -0.4 is 5.32 Å². The monoisotopic (exact) mass is 483 g/mol. The number of hydrogen-bond donors (Lipinski definition) is 2. The summed E-state index contributed by atoms with van der Waals surface area (Å²) in [5.41, 5.74) is 6.77. The molecular formula is C28H22ClN3OS. The van der Waals surface area contributed by atoms with Crippen LogP contribution in [0.3, 0.4) is 0 Å².